The van der Waals surface area contributed by atoms with Gasteiger partial charge in [0.15, 0.2) is 0 Å². The molecule has 0 N–H and O–H groups in total. The summed E-state index contributed by atoms with van der Waals surface area (Å²) in [5, 5.41) is 0. The molecule has 5 rings (SSSR count). The van der Waals surface area contributed by atoms with E-state index in [4.69, 9.17) is 0 Å². The van der Waals surface area contributed by atoms with Gasteiger partial charge in [0.2, 0.25) is 0 Å². The Morgan fingerprint density at radius 2 is 0.933 bits per heavy atom. The van der Waals surface area contributed by atoms with Gasteiger partial charge in [0.1, 0.15) is 0 Å². The van der Waals surface area contributed by atoms with Crippen LogP contribution >= 0.6 is 0 Å². The van der Waals surface area contributed by atoms with E-state index in [0.29, 0.717) is 11.1 Å². The van der Waals surface area contributed by atoms with Crippen molar-refractivity contribution in [2.24, 2.45) is 0 Å². The molecule has 3 aromatic carbocycles. The number of benzene rings is 3. The predicted molar refractivity (Wildman–Crippen MR) is 116 cm³/mol. The first kappa shape index (κ1) is 18.1. The van der Waals surface area contributed by atoms with Crippen molar-refractivity contribution in [3.63, 3.8) is 0 Å². The predicted octanol–water partition coefficient (Wildman–Crippen LogP) is 5.00. The molecule has 4 heteroatoms. The van der Waals surface area contributed by atoms with Crippen molar-refractivity contribution in [2.45, 2.75) is 13.1 Å². The van der Waals surface area contributed by atoms with Crippen LogP contribution in [-0.4, -0.2) is 21.3 Å². The molecule has 0 saturated heterocycles. The van der Waals surface area contributed by atoms with Crippen LogP contribution in [-0.2, 0) is 13.1 Å². The number of aromatic nitrogens is 1. The lowest BCUT2D eigenvalue weighted by Gasteiger charge is -2.19. The molecule has 30 heavy (non-hydrogen) atoms. The first-order chi connectivity index (χ1) is 14.7. The normalized spacial score (nSPS) is 13.0. The Kier molecular flexibility index (Phi) is 4.52. The van der Waals surface area contributed by atoms with Crippen LogP contribution in [0.15, 0.2) is 97.3 Å². The Morgan fingerprint density at radius 1 is 0.500 bits per heavy atom. The minimum atomic E-state index is -0.231. The van der Waals surface area contributed by atoms with Crippen molar-refractivity contribution in [1.29, 1.82) is 0 Å². The Hall–Kier alpha value is -3.92. The average Bonchev–Trinajstić information content (AvgIpc) is 3.38. The summed E-state index contributed by atoms with van der Waals surface area (Å²) in [5.41, 5.74) is 5.24. The van der Waals surface area contributed by atoms with Crippen LogP contribution in [0.1, 0.15) is 31.8 Å². The topological polar surface area (TPSA) is 42.3 Å². The van der Waals surface area contributed by atoms with Crippen LogP contribution in [0.3, 0.4) is 0 Å². The van der Waals surface area contributed by atoms with Crippen molar-refractivity contribution in [3.05, 3.63) is 120 Å². The minimum Gasteiger partial charge on any atom is -0.350 e. The van der Waals surface area contributed by atoms with E-state index in [9.17, 15) is 9.59 Å². The van der Waals surface area contributed by atoms with Gasteiger partial charge in [-0.2, -0.15) is 0 Å². The van der Waals surface area contributed by atoms with Gasteiger partial charge in [-0.05, 0) is 46.5 Å². The smallest absolute Gasteiger partial charge is 0.261 e. The molecule has 146 valence electrons. The van der Waals surface area contributed by atoms with E-state index in [1.165, 1.54) is 10.5 Å². The molecule has 1 aliphatic heterocycles. The summed E-state index contributed by atoms with van der Waals surface area (Å²) in [6.45, 7) is 1.00. The quantitative estimate of drug-likeness (QED) is 0.449. The molecular weight excluding hydrogens is 372 g/mol. The van der Waals surface area contributed by atoms with Gasteiger partial charge in [-0.25, -0.2) is 0 Å². The van der Waals surface area contributed by atoms with E-state index < -0.39 is 0 Å². The molecule has 0 aliphatic carbocycles. The van der Waals surface area contributed by atoms with Crippen molar-refractivity contribution in [2.75, 3.05) is 0 Å². The largest absolute Gasteiger partial charge is 0.350 e. The molecule has 4 nitrogen and oxygen atoms in total. The molecule has 0 unspecified atom stereocenters. The average molecular weight is 392 g/mol. The molecule has 0 fully saturated rings. The van der Waals surface area contributed by atoms with E-state index in [-0.39, 0.29) is 18.4 Å². The highest BCUT2D eigenvalue weighted by molar-refractivity contribution is 6.21. The van der Waals surface area contributed by atoms with Crippen molar-refractivity contribution < 1.29 is 9.59 Å². The fourth-order valence-electron chi connectivity index (χ4n) is 4.07. The van der Waals surface area contributed by atoms with Crippen molar-refractivity contribution in [1.82, 2.24) is 9.47 Å². The molecule has 0 atom stereocenters. The van der Waals surface area contributed by atoms with Gasteiger partial charge >= 0.3 is 0 Å². The van der Waals surface area contributed by atoms with Crippen LogP contribution in [0.25, 0.3) is 11.1 Å². The second-order valence-corrected chi connectivity index (χ2v) is 7.41. The van der Waals surface area contributed by atoms with Gasteiger partial charge in [0.05, 0.1) is 17.7 Å². The molecule has 0 spiro atoms. The second-order valence-electron chi connectivity index (χ2n) is 7.41. The fraction of sp³-hybridized carbons (Fsp3) is 0.0769. The van der Waals surface area contributed by atoms with Crippen LogP contribution in [0.4, 0.5) is 0 Å². The number of carbonyl (C=O) groups excluding carboxylic acids is 2. The SMILES string of the molecule is O=C1c2ccccc2C(=O)N1Cc1ccccc1-c1ccccc1Cn1cccc1. The molecule has 0 saturated carbocycles. The first-order valence-electron chi connectivity index (χ1n) is 9.94. The van der Waals surface area contributed by atoms with E-state index in [0.717, 1.165) is 23.2 Å². The number of hydrogen-bond acceptors (Lipinski definition) is 2. The van der Waals surface area contributed by atoms with Gasteiger partial charge in [0.25, 0.3) is 11.8 Å². The third-order valence-corrected chi connectivity index (χ3v) is 5.55. The highest BCUT2D eigenvalue weighted by Crippen LogP contribution is 2.31. The minimum absolute atomic E-state index is 0.231. The number of carbonyl (C=O) groups is 2. The van der Waals surface area contributed by atoms with Gasteiger partial charge < -0.3 is 4.57 Å². The second kappa shape index (κ2) is 7.48. The van der Waals surface area contributed by atoms with Crippen LogP contribution < -0.4 is 0 Å². The molecule has 0 radical (unpaired) electrons. The molecule has 2 heterocycles. The highest BCUT2D eigenvalue weighted by Gasteiger charge is 2.35. The highest BCUT2D eigenvalue weighted by atomic mass is 16.2. The maximum atomic E-state index is 12.8. The van der Waals surface area contributed by atoms with Gasteiger partial charge in [-0.1, -0.05) is 60.7 Å². The first-order valence-corrected chi connectivity index (χ1v) is 9.94. The number of fused-ring (bicyclic) bond motifs is 1. The fourth-order valence-corrected chi connectivity index (χ4v) is 4.07. The lowest BCUT2D eigenvalue weighted by Crippen LogP contribution is -2.29. The van der Waals surface area contributed by atoms with E-state index in [1.54, 1.807) is 24.3 Å². The van der Waals surface area contributed by atoms with Gasteiger partial charge in [-0.3, -0.25) is 14.5 Å². The summed E-state index contributed by atoms with van der Waals surface area (Å²) in [5.74, 6) is -0.461. The zero-order chi connectivity index (χ0) is 20.5. The number of nitrogens with zero attached hydrogens (tertiary/aromatic N) is 2. The van der Waals surface area contributed by atoms with Crippen LogP contribution in [0.2, 0.25) is 0 Å². The van der Waals surface area contributed by atoms with Gasteiger partial charge in [0, 0.05) is 18.9 Å². The molecule has 1 aromatic heterocycles. The summed E-state index contributed by atoms with van der Waals surface area (Å²) >= 11 is 0. The summed E-state index contributed by atoms with van der Waals surface area (Å²) < 4.78 is 2.13. The number of rotatable bonds is 5. The molecule has 0 bridgehead atoms. The van der Waals surface area contributed by atoms with Gasteiger partial charge in [-0.15, -0.1) is 0 Å². The van der Waals surface area contributed by atoms with Crippen molar-refractivity contribution >= 4 is 11.8 Å². The zero-order valence-corrected chi connectivity index (χ0v) is 16.4. The van der Waals surface area contributed by atoms with Crippen LogP contribution in [0, 0.1) is 0 Å². The molecular formula is C26H20N2O2. The third kappa shape index (κ3) is 3.12. The standard InChI is InChI=1S/C26H20N2O2/c29-25-23-13-5-6-14-24(23)26(30)28(25)18-20-10-2-4-12-22(20)21-11-3-1-9-19(21)17-27-15-7-8-16-27/h1-16H,17-18H2. The van der Waals surface area contributed by atoms with Crippen LogP contribution in [0.5, 0.6) is 0 Å². The maximum Gasteiger partial charge on any atom is 0.261 e. The van der Waals surface area contributed by atoms with E-state index in [2.05, 4.69) is 22.8 Å². The zero-order valence-electron chi connectivity index (χ0n) is 16.4. The third-order valence-electron chi connectivity index (χ3n) is 5.55. The lowest BCUT2D eigenvalue weighted by atomic mass is 9.95. The number of amides is 2. The summed E-state index contributed by atoms with van der Waals surface area (Å²) in [6.07, 6.45) is 4.09. The Balaban J connectivity index is 1.51. The van der Waals surface area contributed by atoms with Crippen molar-refractivity contribution in [3.8, 4) is 11.1 Å². The Bertz CT molecular complexity index is 1210. The summed E-state index contributed by atoms with van der Waals surface area (Å²) in [7, 11) is 0. The lowest BCUT2D eigenvalue weighted by molar-refractivity contribution is 0.0642. The Labute approximate surface area is 175 Å². The molecule has 1 aliphatic rings. The maximum absolute atomic E-state index is 12.8. The Morgan fingerprint density at radius 3 is 1.47 bits per heavy atom. The summed E-state index contributed by atoms with van der Waals surface area (Å²) in [6, 6.07) is 27.3. The molecule has 4 aromatic rings. The number of imide groups is 1. The summed E-state index contributed by atoms with van der Waals surface area (Å²) in [4.78, 5) is 27.0. The monoisotopic (exact) mass is 392 g/mol. The number of hydrogen-bond donors (Lipinski definition) is 0. The van der Waals surface area contributed by atoms with E-state index >= 15 is 0 Å². The molecule has 2 amide bonds. The van der Waals surface area contributed by atoms with E-state index in [1.807, 2.05) is 54.9 Å².